The maximum absolute atomic E-state index is 13.6. The number of imidazole rings is 2. The lowest BCUT2D eigenvalue weighted by Crippen LogP contribution is -2.38. The molecule has 0 saturated heterocycles. The first-order valence-electron chi connectivity index (χ1n) is 11.7. The molecule has 8 nitrogen and oxygen atoms in total. The van der Waals surface area contributed by atoms with Gasteiger partial charge in [0.25, 0.3) is 5.91 Å². The molecule has 34 heavy (non-hydrogen) atoms. The Bertz CT molecular complexity index is 1370. The van der Waals surface area contributed by atoms with Crippen molar-refractivity contribution in [3.05, 3.63) is 78.1 Å². The monoisotopic (exact) mass is 454 g/mol. The van der Waals surface area contributed by atoms with Crippen molar-refractivity contribution in [2.24, 2.45) is 0 Å². The standard InChI is InChI=1S/C26H26N6O2/c1-17(15-33)31-12-10-27-25(31)22-3-2-4-24(29-22)32-11-9-18-7-8-20(13-21(18)26(32)34)30-14-23(28-16-30)19-5-6-19/h2-4,7-8,10,12-14,16-17,19,33H,5-6,9,11,15H2,1H3. The quantitative estimate of drug-likeness (QED) is 0.479. The average molecular weight is 455 g/mol. The fourth-order valence-electron chi connectivity index (χ4n) is 4.56. The van der Waals surface area contributed by atoms with Crippen LogP contribution in [0.4, 0.5) is 5.82 Å². The normalized spacial score (nSPS) is 16.5. The second-order valence-electron chi connectivity index (χ2n) is 9.10. The maximum Gasteiger partial charge on any atom is 0.259 e. The van der Waals surface area contributed by atoms with Crippen LogP contribution in [0, 0.1) is 0 Å². The Kier molecular flexibility index (Phi) is 5.03. The van der Waals surface area contributed by atoms with E-state index in [9.17, 15) is 9.90 Å². The first-order chi connectivity index (χ1) is 16.6. The van der Waals surface area contributed by atoms with Gasteiger partial charge in [0.1, 0.15) is 11.5 Å². The summed E-state index contributed by atoms with van der Waals surface area (Å²) >= 11 is 0. The van der Waals surface area contributed by atoms with Gasteiger partial charge >= 0.3 is 0 Å². The zero-order chi connectivity index (χ0) is 23.2. The van der Waals surface area contributed by atoms with Crippen molar-refractivity contribution >= 4 is 11.7 Å². The molecule has 1 saturated carbocycles. The summed E-state index contributed by atoms with van der Waals surface area (Å²) in [5.74, 6) is 1.80. The van der Waals surface area contributed by atoms with E-state index >= 15 is 0 Å². The van der Waals surface area contributed by atoms with Gasteiger partial charge in [-0.05, 0) is 56.0 Å². The Balaban J connectivity index is 1.31. The summed E-state index contributed by atoms with van der Waals surface area (Å²) in [6.07, 6.45) is 10.6. The van der Waals surface area contributed by atoms with Crippen molar-refractivity contribution in [2.75, 3.05) is 18.1 Å². The number of pyridine rings is 1. The molecule has 1 unspecified atom stereocenters. The summed E-state index contributed by atoms with van der Waals surface area (Å²) in [7, 11) is 0. The number of nitrogens with zero attached hydrogens (tertiary/aromatic N) is 6. The lowest BCUT2D eigenvalue weighted by atomic mass is 9.98. The minimum absolute atomic E-state index is 0.00580. The van der Waals surface area contributed by atoms with E-state index in [0.717, 1.165) is 23.4 Å². The number of hydrogen-bond acceptors (Lipinski definition) is 5. The number of hydrogen-bond donors (Lipinski definition) is 1. The Morgan fingerprint density at radius 3 is 2.88 bits per heavy atom. The van der Waals surface area contributed by atoms with Crippen molar-refractivity contribution < 1.29 is 9.90 Å². The number of fused-ring (bicyclic) bond motifs is 1. The predicted octanol–water partition coefficient (Wildman–Crippen LogP) is 3.76. The Labute approximate surface area is 197 Å². The minimum Gasteiger partial charge on any atom is -0.394 e. The highest BCUT2D eigenvalue weighted by atomic mass is 16.3. The molecule has 1 aliphatic heterocycles. The second kappa shape index (κ2) is 8.22. The molecular weight excluding hydrogens is 428 g/mol. The number of aromatic nitrogens is 5. The van der Waals surface area contributed by atoms with Crippen LogP contribution >= 0.6 is 0 Å². The molecule has 172 valence electrons. The van der Waals surface area contributed by atoms with Crippen LogP contribution in [0.5, 0.6) is 0 Å². The summed E-state index contributed by atoms with van der Waals surface area (Å²) in [6.45, 7) is 2.50. The van der Waals surface area contributed by atoms with Crippen LogP contribution in [0.2, 0.25) is 0 Å². The summed E-state index contributed by atoms with van der Waals surface area (Å²) < 4.78 is 3.90. The lowest BCUT2D eigenvalue weighted by molar-refractivity contribution is 0.0980. The highest BCUT2D eigenvalue weighted by Gasteiger charge is 2.28. The largest absolute Gasteiger partial charge is 0.394 e. The zero-order valence-electron chi connectivity index (χ0n) is 19.0. The van der Waals surface area contributed by atoms with Crippen molar-refractivity contribution in [3.8, 4) is 17.2 Å². The number of aliphatic hydroxyl groups excluding tert-OH is 1. The van der Waals surface area contributed by atoms with E-state index in [1.54, 1.807) is 11.1 Å². The molecule has 1 fully saturated rings. The van der Waals surface area contributed by atoms with E-state index in [1.165, 1.54) is 12.8 Å². The number of rotatable bonds is 6. The van der Waals surface area contributed by atoms with Gasteiger partial charge in [-0.25, -0.2) is 15.0 Å². The molecule has 0 radical (unpaired) electrons. The Morgan fingerprint density at radius 2 is 2.06 bits per heavy atom. The number of carbonyl (C=O) groups is 1. The molecule has 2 aliphatic rings. The summed E-state index contributed by atoms with van der Waals surface area (Å²) in [6, 6.07) is 11.6. The number of amides is 1. The van der Waals surface area contributed by atoms with Crippen LogP contribution in [0.1, 0.15) is 53.3 Å². The van der Waals surface area contributed by atoms with Crippen molar-refractivity contribution in [1.82, 2.24) is 24.1 Å². The molecule has 0 bridgehead atoms. The molecule has 1 aromatic carbocycles. The van der Waals surface area contributed by atoms with Crippen LogP contribution < -0.4 is 4.90 Å². The molecule has 3 aromatic heterocycles. The predicted molar refractivity (Wildman–Crippen MR) is 128 cm³/mol. The van der Waals surface area contributed by atoms with Gasteiger partial charge in [0.15, 0.2) is 5.82 Å². The van der Waals surface area contributed by atoms with Gasteiger partial charge in [-0.15, -0.1) is 0 Å². The van der Waals surface area contributed by atoms with Crippen LogP contribution in [0.3, 0.4) is 0 Å². The molecule has 4 aromatic rings. The second-order valence-corrected chi connectivity index (χ2v) is 9.10. The van der Waals surface area contributed by atoms with Crippen LogP contribution in [0.25, 0.3) is 17.2 Å². The molecular formula is C26H26N6O2. The molecule has 1 N–H and O–H groups in total. The highest BCUT2D eigenvalue weighted by Crippen LogP contribution is 2.39. The fraction of sp³-hybridized carbons (Fsp3) is 0.308. The number of benzene rings is 1. The topological polar surface area (TPSA) is 89.1 Å². The Hall–Kier alpha value is -3.78. The third-order valence-corrected chi connectivity index (χ3v) is 6.72. The average Bonchev–Trinajstić information content (AvgIpc) is 3.39. The van der Waals surface area contributed by atoms with E-state index in [4.69, 9.17) is 4.98 Å². The van der Waals surface area contributed by atoms with Crippen LogP contribution in [-0.4, -0.2) is 48.3 Å². The summed E-state index contributed by atoms with van der Waals surface area (Å²) in [5.41, 5.74) is 4.49. The first-order valence-corrected chi connectivity index (χ1v) is 11.7. The Morgan fingerprint density at radius 1 is 1.18 bits per heavy atom. The van der Waals surface area contributed by atoms with Crippen molar-refractivity contribution in [1.29, 1.82) is 0 Å². The van der Waals surface area contributed by atoms with E-state index in [0.29, 0.717) is 35.4 Å². The van der Waals surface area contributed by atoms with Gasteiger partial charge < -0.3 is 14.2 Å². The van der Waals surface area contributed by atoms with Gasteiger partial charge in [0.2, 0.25) is 0 Å². The van der Waals surface area contributed by atoms with Gasteiger partial charge in [0, 0.05) is 42.3 Å². The molecule has 1 amide bonds. The summed E-state index contributed by atoms with van der Waals surface area (Å²) in [5, 5.41) is 9.57. The van der Waals surface area contributed by atoms with E-state index in [-0.39, 0.29) is 18.6 Å². The van der Waals surface area contributed by atoms with Crippen molar-refractivity contribution in [2.45, 2.75) is 38.1 Å². The SMILES string of the molecule is CC(CO)n1ccnc1-c1cccc(N2CCc3ccc(-n4cnc(C5CC5)c4)cc3C2=O)n1. The van der Waals surface area contributed by atoms with E-state index in [2.05, 4.69) is 22.2 Å². The third-order valence-electron chi connectivity index (χ3n) is 6.72. The fourth-order valence-corrected chi connectivity index (χ4v) is 4.56. The van der Waals surface area contributed by atoms with E-state index in [1.807, 2.05) is 58.9 Å². The van der Waals surface area contributed by atoms with Gasteiger partial charge in [-0.2, -0.15) is 0 Å². The minimum atomic E-state index is -0.117. The van der Waals surface area contributed by atoms with E-state index < -0.39 is 0 Å². The van der Waals surface area contributed by atoms with Gasteiger partial charge in [0.05, 0.1) is 24.7 Å². The molecule has 6 rings (SSSR count). The van der Waals surface area contributed by atoms with Crippen LogP contribution in [-0.2, 0) is 6.42 Å². The molecule has 1 aliphatic carbocycles. The van der Waals surface area contributed by atoms with Gasteiger partial charge in [-0.1, -0.05) is 12.1 Å². The lowest BCUT2D eigenvalue weighted by Gasteiger charge is -2.28. The van der Waals surface area contributed by atoms with Crippen LogP contribution in [0.15, 0.2) is 61.3 Å². The molecule has 1 atom stereocenters. The smallest absolute Gasteiger partial charge is 0.259 e. The molecule has 0 spiro atoms. The maximum atomic E-state index is 13.6. The summed E-state index contributed by atoms with van der Waals surface area (Å²) in [4.78, 5) is 29.0. The molecule has 8 heteroatoms. The van der Waals surface area contributed by atoms with Crippen molar-refractivity contribution in [3.63, 3.8) is 0 Å². The third kappa shape index (κ3) is 3.60. The first kappa shape index (κ1) is 20.8. The van der Waals surface area contributed by atoms with Gasteiger partial charge in [-0.3, -0.25) is 9.69 Å². The number of carbonyl (C=O) groups excluding carboxylic acids is 1. The number of aliphatic hydroxyl groups is 1. The zero-order valence-corrected chi connectivity index (χ0v) is 19.0. The molecule has 4 heterocycles. The highest BCUT2D eigenvalue weighted by molar-refractivity contribution is 6.08. The number of anilines is 1.